The van der Waals surface area contributed by atoms with Crippen LogP contribution in [0.15, 0.2) is 127 Å². The summed E-state index contributed by atoms with van der Waals surface area (Å²) >= 11 is 0. The van der Waals surface area contributed by atoms with Crippen LogP contribution in [0.25, 0.3) is 54.2 Å². The molecular formula is C36H24. The maximum absolute atomic E-state index is 2.34. The van der Waals surface area contributed by atoms with Crippen molar-refractivity contribution in [3.63, 3.8) is 0 Å². The van der Waals surface area contributed by atoms with Crippen molar-refractivity contribution in [2.75, 3.05) is 0 Å². The number of fused-ring (bicyclic) bond motifs is 13. The van der Waals surface area contributed by atoms with E-state index in [9.17, 15) is 0 Å². The van der Waals surface area contributed by atoms with Crippen molar-refractivity contribution >= 4 is 43.1 Å². The van der Waals surface area contributed by atoms with Crippen molar-refractivity contribution < 1.29 is 0 Å². The van der Waals surface area contributed by atoms with Gasteiger partial charge in [-0.3, -0.25) is 0 Å². The topological polar surface area (TPSA) is 0 Å². The van der Waals surface area contributed by atoms with E-state index in [1.54, 1.807) is 0 Å². The summed E-state index contributed by atoms with van der Waals surface area (Å²) in [5, 5.41) is 10.9. The van der Waals surface area contributed by atoms with Gasteiger partial charge < -0.3 is 0 Å². The molecule has 0 fully saturated rings. The average molecular weight is 457 g/mol. The summed E-state index contributed by atoms with van der Waals surface area (Å²) in [6, 6.07) is 47.1. The summed E-state index contributed by atoms with van der Waals surface area (Å²) in [6.45, 7) is 0. The number of rotatable bonds is 2. The molecule has 0 radical (unpaired) electrons. The van der Waals surface area contributed by atoms with Crippen LogP contribution < -0.4 is 0 Å². The molecule has 0 saturated heterocycles. The maximum atomic E-state index is 2.34. The second kappa shape index (κ2) is 7.54. The lowest BCUT2D eigenvalue weighted by Crippen LogP contribution is -2.03. The fourth-order valence-corrected chi connectivity index (χ4v) is 6.80. The number of hydrogen-bond donors (Lipinski definition) is 0. The molecule has 0 heterocycles. The molecule has 36 heavy (non-hydrogen) atoms. The Morgan fingerprint density at radius 1 is 0.333 bits per heavy atom. The van der Waals surface area contributed by atoms with E-state index in [1.165, 1.54) is 70.9 Å². The summed E-state index contributed by atoms with van der Waals surface area (Å²) in [4.78, 5) is 0. The summed E-state index contributed by atoms with van der Waals surface area (Å²) in [5.41, 5.74) is 7.23. The SMILES string of the molecule is c1ccc(CC2c3c(c4ccccc4c4ccccc34)-c3c2c2ccccc2c2ccccc32)cc1. The van der Waals surface area contributed by atoms with Gasteiger partial charge >= 0.3 is 0 Å². The molecule has 7 aromatic rings. The highest BCUT2D eigenvalue weighted by Crippen LogP contribution is 2.57. The van der Waals surface area contributed by atoms with Crippen LogP contribution in [0.1, 0.15) is 22.6 Å². The number of hydrogen-bond acceptors (Lipinski definition) is 0. The first-order valence-electron chi connectivity index (χ1n) is 12.8. The lowest BCUT2D eigenvalue weighted by atomic mass is 9.84. The van der Waals surface area contributed by atoms with Crippen LogP contribution in [0.2, 0.25) is 0 Å². The van der Waals surface area contributed by atoms with Gasteiger partial charge in [-0.25, -0.2) is 0 Å². The Bertz CT molecular complexity index is 1840. The molecule has 0 aliphatic heterocycles. The van der Waals surface area contributed by atoms with Gasteiger partial charge in [0.25, 0.3) is 0 Å². The normalized spacial score (nSPS) is 13.0. The largest absolute Gasteiger partial charge is 0.0622 e. The molecule has 0 atom stereocenters. The first-order valence-corrected chi connectivity index (χ1v) is 12.8. The van der Waals surface area contributed by atoms with E-state index in [0.717, 1.165) is 6.42 Å². The van der Waals surface area contributed by atoms with E-state index in [2.05, 4.69) is 127 Å². The van der Waals surface area contributed by atoms with Crippen molar-refractivity contribution in [2.24, 2.45) is 0 Å². The van der Waals surface area contributed by atoms with Crippen LogP contribution >= 0.6 is 0 Å². The van der Waals surface area contributed by atoms with E-state index >= 15 is 0 Å². The summed E-state index contributed by atoms with van der Waals surface area (Å²) in [7, 11) is 0. The number of benzene rings is 7. The minimum Gasteiger partial charge on any atom is -0.0622 e. The summed E-state index contributed by atoms with van der Waals surface area (Å²) in [6.07, 6.45) is 0.992. The second-order valence-electron chi connectivity index (χ2n) is 10.0. The van der Waals surface area contributed by atoms with Crippen molar-refractivity contribution in [1.29, 1.82) is 0 Å². The molecule has 1 aliphatic carbocycles. The molecule has 0 heteroatoms. The smallest absolute Gasteiger partial charge is 0.0155 e. The Kier molecular flexibility index (Phi) is 4.15. The minimum atomic E-state index is 0.293. The molecule has 0 saturated carbocycles. The summed E-state index contributed by atoms with van der Waals surface area (Å²) < 4.78 is 0. The van der Waals surface area contributed by atoms with Crippen LogP contribution in [0.5, 0.6) is 0 Å². The van der Waals surface area contributed by atoms with Crippen LogP contribution in [0.4, 0.5) is 0 Å². The molecule has 0 N–H and O–H groups in total. The maximum Gasteiger partial charge on any atom is 0.0155 e. The first kappa shape index (κ1) is 19.8. The third kappa shape index (κ3) is 2.64. The van der Waals surface area contributed by atoms with Crippen LogP contribution in [-0.2, 0) is 6.42 Å². The van der Waals surface area contributed by atoms with E-state index in [0.29, 0.717) is 5.92 Å². The highest BCUT2D eigenvalue weighted by Gasteiger charge is 2.35. The van der Waals surface area contributed by atoms with Gasteiger partial charge in [-0.2, -0.15) is 0 Å². The molecule has 0 amide bonds. The molecule has 7 aromatic carbocycles. The van der Waals surface area contributed by atoms with E-state index < -0.39 is 0 Å². The van der Waals surface area contributed by atoms with Gasteiger partial charge in [0.15, 0.2) is 0 Å². The van der Waals surface area contributed by atoms with Crippen molar-refractivity contribution in [3.05, 3.63) is 144 Å². The van der Waals surface area contributed by atoms with Crippen LogP contribution in [-0.4, -0.2) is 0 Å². The van der Waals surface area contributed by atoms with Gasteiger partial charge in [0.2, 0.25) is 0 Å². The quantitative estimate of drug-likeness (QED) is 0.227. The molecule has 0 bridgehead atoms. The van der Waals surface area contributed by atoms with E-state index in [-0.39, 0.29) is 0 Å². The van der Waals surface area contributed by atoms with Gasteiger partial charge in [0.1, 0.15) is 0 Å². The molecule has 0 unspecified atom stereocenters. The highest BCUT2D eigenvalue weighted by molar-refractivity contribution is 6.25. The third-order valence-electron chi connectivity index (χ3n) is 8.18. The van der Waals surface area contributed by atoms with Crippen LogP contribution in [0.3, 0.4) is 0 Å². The Balaban J connectivity index is 1.63. The van der Waals surface area contributed by atoms with Gasteiger partial charge in [0.05, 0.1) is 0 Å². The van der Waals surface area contributed by atoms with Crippen molar-refractivity contribution in [3.8, 4) is 11.1 Å². The Morgan fingerprint density at radius 2 is 0.667 bits per heavy atom. The van der Waals surface area contributed by atoms with E-state index in [4.69, 9.17) is 0 Å². The monoisotopic (exact) mass is 456 g/mol. The first-order chi connectivity index (χ1) is 17.9. The zero-order valence-electron chi connectivity index (χ0n) is 19.9. The lowest BCUT2D eigenvalue weighted by Gasteiger charge is -2.19. The summed E-state index contributed by atoms with van der Waals surface area (Å²) in [5.74, 6) is 0.293. The van der Waals surface area contributed by atoms with Gasteiger partial charge in [0, 0.05) is 5.92 Å². The average Bonchev–Trinajstić information content (AvgIpc) is 3.29. The zero-order valence-corrected chi connectivity index (χ0v) is 19.9. The predicted octanol–water partition coefficient (Wildman–Crippen LogP) is 9.65. The fraction of sp³-hybridized carbons (Fsp3) is 0.0556. The highest BCUT2D eigenvalue weighted by atomic mass is 14.4. The minimum absolute atomic E-state index is 0.293. The Morgan fingerprint density at radius 3 is 1.11 bits per heavy atom. The second-order valence-corrected chi connectivity index (χ2v) is 10.0. The van der Waals surface area contributed by atoms with Gasteiger partial charge in [-0.15, -0.1) is 0 Å². The molecule has 0 spiro atoms. The van der Waals surface area contributed by atoms with Gasteiger partial charge in [-0.05, 0) is 77.3 Å². The lowest BCUT2D eigenvalue weighted by molar-refractivity contribution is 0.841. The van der Waals surface area contributed by atoms with Crippen molar-refractivity contribution in [1.82, 2.24) is 0 Å². The molecule has 0 aromatic heterocycles. The van der Waals surface area contributed by atoms with Gasteiger partial charge in [-0.1, -0.05) is 127 Å². The van der Waals surface area contributed by atoms with Crippen molar-refractivity contribution in [2.45, 2.75) is 12.3 Å². The fourth-order valence-electron chi connectivity index (χ4n) is 6.80. The molecule has 8 rings (SSSR count). The molecular weight excluding hydrogens is 432 g/mol. The third-order valence-corrected chi connectivity index (χ3v) is 8.18. The Labute approximate surface area is 210 Å². The van der Waals surface area contributed by atoms with E-state index in [1.807, 2.05) is 0 Å². The molecule has 1 aliphatic rings. The zero-order chi connectivity index (χ0) is 23.6. The Hall–Kier alpha value is -4.42. The molecule has 0 nitrogen and oxygen atoms in total. The standard InChI is InChI=1S/C36H24/c1-2-12-23(13-3-1)22-32-33-28-18-8-4-14-24(28)26-16-6-10-20-30(26)35(33)36-31-21-11-7-17-27(31)25-15-5-9-19-29(25)34(32)36/h1-21,32H,22H2. The molecule has 168 valence electrons. The van der Waals surface area contributed by atoms with Crippen LogP contribution in [0, 0.1) is 0 Å². The predicted molar refractivity (Wildman–Crippen MR) is 154 cm³/mol.